The van der Waals surface area contributed by atoms with Crippen LogP contribution in [0, 0.1) is 17.3 Å². The summed E-state index contributed by atoms with van der Waals surface area (Å²) in [7, 11) is 0. The van der Waals surface area contributed by atoms with Gasteiger partial charge in [-0.1, -0.05) is 31.9 Å². The molecule has 0 radical (unpaired) electrons. The van der Waals surface area contributed by atoms with Crippen molar-refractivity contribution in [2.75, 3.05) is 0 Å². The molecule has 0 amide bonds. The van der Waals surface area contributed by atoms with Crippen molar-refractivity contribution in [2.24, 2.45) is 17.3 Å². The van der Waals surface area contributed by atoms with E-state index in [2.05, 4.69) is 0 Å². The molecular weight excluding hydrogens is 424 g/mol. The van der Waals surface area contributed by atoms with Crippen LogP contribution < -0.4 is 0 Å². The van der Waals surface area contributed by atoms with Gasteiger partial charge in [-0.05, 0) is 63.7 Å². The normalized spacial score (nSPS) is 33.9. The highest BCUT2D eigenvalue weighted by molar-refractivity contribution is 5.97. The highest BCUT2D eigenvalue weighted by Gasteiger charge is 2.57. The summed E-state index contributed by atoms with van der Waals surface area (Å²) in [6, 6.07) is 0. The number of hydrogen-bond donors (Lipinski definition) is 0. The van der Waals surface area contributed by atoms with Crippen molar-refractivity contribution in [2.45, 2.75) is 86.0 Å². The quantitative estimate of drug-likeness (QED) is 0.358. The number of fused-ring (bicyclic) bond motifs is 2. The van der Waals surface area contributed by atoms with E-state index in [0.29, 0.717) is 24.8 Å². The van der Waals surface area contributed by atoms with Crippen molar-refractivity contribution in [3.05, 3.63) is 34.4 Å². The van der Waals surface area contributed by atoms with Crippen LogP contribution in [0.15, 0.2) is 34.4 Å². The lowest BCUT2D eigenvalue weighted by Gasteiger charge is -2.49. The lowest BCUT2D eigenvalue weighted by molar-refractivity contribution is -0.185. The van der Waals surface area contributed by atoms with Crippen LogP contribution in [0.2, 0.25) is 0 Å². The van der Waals surface area contributed by atoms with Crippen LogP contribution in [0.4, 0.5) is 0 Å². The van der Waals surface area contributed by atoms with Gasteiger partial charge in [-0.25, -0.2) is 4.79 Å². The second-order valence-electron chi connectivity index (χ2n) is 10.0. The summed E-state index contributed by atoms with van der Waals surface area (Å²) in [5.41, 5.74) is 2.17. The molecule has 0 unspecified atom stereocenters. The second-order valence-corrected chi connectivity index (χ2v) is 10.0. The van der Waals surface area contributed by atoms with Crippen molar-refractivity contribution in [1.29, 1.82) is 0 Å². The maximum Gasteiger partial charge on any atom is 0.334 e. The van der Waals surface area contributed by atoms with E-state index in [1.54, 1.807) is 20.8 Å². The number of ketones is 1. The van der Waals surface area contributed by atoms with Gasteiger partial charge in [0.15, 0.2) is 11.9 Å². The van der Waals surface area contributed by atoms with Gasteiger partial charge in [-0.15, -0.1) is 0 Å². The SMILES string of the molecule is CC(=O)O[C@@H]1C(=O)C=C(C)[C@H]2CC3=C(C)C(=O)O[C@@H]3/C=C(/C)CC[C@H](OC(=O)C(C)C)[C@@]21C. The number of ether oxygens (including phenoxy) is 3. The van der Waals surface area contributed by atoms with Gasteiger partial charge in [0.05, 0.1) is 11.3 Å². The number of hydrogen-bond acceptors (Lipinski definition) is 7. The monoisotopic (exact) mass is 458 g/mol. The van der Waals surface area contributed by atoms with Crippen LogP contribution in [0.1, 0.15) is 67.7 Å². The Kier molecular flexibility index (Phi) is 7.01. The molecule has 1 aliphatic heterocycles. The van der Waals surface area contributed by atoms with E-state index in [1.165, 1.54) is 13.0 Å². The Labute approximate surface area is 195 Å². The summed E-state index contributed by atoms with van der Waals surface area (Å²) in [4.78, 5) is 50.3. The molecule has 0 spiro atoms. The van der Waals surface area contributed by atoms with E-state index in [-0.39, 0.29) is 29.6 Å². The molecule has 0 bridgehead atoms. The number of rotatable bonds is 3. The minimum atomic E-state index is -1.10. The third kappa shape index (κ3) is 4.68. The molecule has 2 aliphatic carbocycles. The number of carbonyl (C=O) groups excluding carboxylic acids is 4. The molecule has 1 heterocycles. The predicted octanol–water partition coefficient (Wildman–Crippen LogP) is 4.01. The largest absolute Gasteiger partial charge is 0.461 e. The minimum absolute atomic E-state index is 0.307. The van der Waals surface area contributed by atoms with Gasteiger partial charge in [0, 0.05) is 12.5 Å². The highest BCUT2D eigenvalue weighted by atomic mass is 16.6. The van der Waals surface area contributed by atoms with Crippen molar-refractivity contribution in [3.8, 4) is 0 Å². The molecule has 3 aliphatic rings. The lowest BCUT2D eigenvalue weighted by Crippen LogP contribution is -2.57. The van der Waals surface area contributed by atoms with Gasteiger partial charge in [0.1, 0.15) is 12.2 Å². The van der Waals surface area contributed by atoms with E-state index in [1.807, 2.05) is 26.8 Å². The first-order valence-corrected chi connectivity index (χ1v) is 11.5. The first-order chi connectivity index (χ1) is 15.4. The van der Waals surface area contributed by atoms with E-state index in [9.17, 15) is 19.2 Å². The highest BCUT2D eigenvalue weighted by Crippen LogP contribution is 2.51. The third-order valence-electron chi connectivity index (χ3n) is 7.23. The Morgan fingerprint density at radius 1 is 1.15 bits per heavy atom. The average molecular weight is 459 g/mol. The average Bonchev–Trinajstić information content (AvgIpc) is 2.97. The molecule has 33 heavy (non-hydrogen) atoms. The van der Waals surface area contributed by atoms with Gasteiger partial charge >= 0.3 is 17.9 Å². The molecular formula is C26H34O7. The number of allylic oxidation sites excluding steroid dienone is 2. The van der Waals surface area contributed by atoms with Crippen LogP contribution >= 0.6 is 0 Å². The predicted molar refractivity (Wildman–Crippen MR) is 121 cm³/mol. The molecule has 5 atom stereocenters. The van der Waals surface area contributed by atoms with Gasteiger partial charge < -0.3 is 14.2 Å². The summed E-state index contributed by atoms with van der Waals surface area (Å²) >= 11 is 0. The van der Waals surface area contributed by atoms with Crippen LogP contribution in [0.25, 0.3) is 0 Å². The molecule has 0 aromatic carbocycles. The smallest absolute Gasteiger partial charge is 0.334 e. The summed E-state index contributed by atoms with van der Waals surface area (Å²) in [5, 5.41) is 0. The topological polar surface area (TPSA) is 96.0 Å². The number of carbonyl (C=O) groups is 4. The third-order valence-corrected chi connectivity index (χ3v) is 7.23. The molecule has 0 saturated carbocycles. The van der Waals surface area contributed by atoms with Crippen molar-refractivity contribution in [1.82, 2.24) is 0 Å². The molecule has 0 aromatic heterocycles. The van der Waals surface area contributed by atoms with Crippen LogP contribution in [-0.4, -0.2) is 42.0 Å². The van der Waals surface area contributed by atoms with Gasteiger partial charge in [-0.3, -0.25) is 14.4 Å². The zero-order valence-corrected chi connectivity index (χ0v) is 20.5. The maximum atomic E-state index is 13.1. The molecule has 7 heteroatoms. The van der Waals surface area contributed by atoms with Gasteiger partial charge in [0.2, 0.25) is 0 Å². The summed E-state index contributed by atoms with van der Waals surface area (Å²) < 4.78 is 17.2. The fraction of sp³-hybridized carbons (Fsp3) is 0.615. The van der Waals surface area contributed by atoms with Crippen LogP contribution in [0.5, 0.6) is 0 Å². The van der Waals surface area contributed by atoms with Crippen LogP contribution in [-0.2, 0) is 33.4 Å². The second kappa shape index (κ2) is 9.27. The van der Waals surface area contributed by atoms with Crippen molar-refractivity contribution < 1.29 is 33.4 Å². The summed E-state index contributed by atoms with van der Waals surface area (Å²) in [6.07, 6.45) is 2.66. The fourth-order valence-electron chi connectivity index (χ4n) is 5.22. The maximum absolute atomic E-state index is 13.1. The molecule has 0 N–H and O–H groups in total. The van der Waals surface area contributed by atoms with Gasteiger partial charge in [-0.2, -0.15) is 0 Å². The first-order valence-electron chi connectivity index (χ1n) is 11.5. The Bertz CT molecular complexity index is 967. The molecule has 7 nitrogen and oxygen atoms in total. The first kappa shape index (κ1) is 24.9. The van der Waals surface area contributed by atoms with Crippen LogP contribution in [0.3, 0.4) is 0 Å². The Hall–Kier alpha value is -2.70. The minimum Gasteiger partial charge on any atom is -0.461 e. The Morgan fingerprint density at radius 2 is 1.82 bits per heavy atom. The summed E-state index contributed by atoms with van der Waals surface area (Å²) in [6.45, 7) is 12.2. The van der Waals surface area contributed by atoms with E-state index in [4.69, 9.17) is 14.2 Å². The number of esters is 3. The van der Waals surface area contributed by atoms with E-state index in [0.717, 1.165) is 16.7 Å². The van der Waals surface area contributed by atoms with Crippen molar-refractivity contribution in [3.63, 3.8) is 0 Å². The molecule has 0 fully saturated rings. The van der Waals surface area contributed by atoms with E-state index < -0.39 is 29.7 Å². The lowest BCUT2D eigenvalue weighted by atomic mass is 9.59. The van der Waals surface area contributed by atoms with Gasteiger partial charge in [0.25, 0.3) is 0 Å². The zero-order valence-electron chi connectivity index (χ0n) is 20.5. The molecule has 3 rings (SSSR count). The molecule has 180 valence electrons. The molecule has 0 aromatic rings. The zero-order chi connectivity index (χ0) is 24.7. The molecule has 0 saturated heterocycles. The van der Waals surface area contributed by atoms with Crippen molar-refractivity contribution >= 4 is 23.7 Å². The summed E-state index contributed by atoms with van der Waals surface area (Å²) in [5.74, 6) is -2.27. The van der Waals surface area contributed by atoms with E-state index >= 15 is 0 Å². The Morgan fingerprint density at radius 3 is 2.42 bits per heavy atom. The Balaban J connectivity index is 2.21. The fourth-order valence-corrected chi connectivity index (χ4v) is 5.22. The standard InChI is InChI=1S/C26H34O7/c1-13(2)24(29)33-22-9-8-14(3)10-21-18(16(5)25(30)32-21)12-19-15(4)11-20(28)23(26(19,22)7)31-17(6)27/h10-11,13,19,21-23H,8-9,12H2,1-7H3/b14-10-/t19-,21-,22+,23-,26-/m1/s1.